The molecule has 0 heterocycles. The third-order valence-electron chi connectivity index (χ3n) is 4.26. The SMILES string of the molecule is CC.CC.CC.CC.CC.CC.CC.c1ccc(-c2ccc(N(c3ccccc3)c3ccccc3)cc2)cc1. The summed E-state index contributed by atoms with van der Waals surface area (Å²) in [6.07, 6.45) is 0. The van der Waals surface area contributed by atoms with E-state index in [1.165, 1.54) is 11.1 Å². The van der Waals surface area contributed by atoms with Gasteiger partial charge in [0.25, 0.3) is 0 Å². The van der Waals surface area contributed by atoms with Crippen LogP contribution in [0.4, 0.5) is 17.1 Å². The van der Waals surface area contributed by atoms with E-state index in [2.05, 4.69) is 102 Å². The Morgan fingerprint density at radius 1 is 0.256 bits per heavy atom. The standard InChI is InChI=1S/C24H19N.7C2H6/c1-4-10-20(11-5-1)21-16-18-24(19-17-21)25(22-12-6-2-7-13-22)23-14-8-3-9-15-23;7*1-2/h1-19H;7*1-2H3. The Labute approximate surface area is 245 Å². The molecule has 0 N–H and O–H groups in total. The van der Waals surface area contributed by atoms with Gasteiger partial charge in [0.15, 0.2) is 0 Å². The minimum atomic E-state index is 1.15. The fourth-order valence-corrected chi connectivity index (χ4v) is 3.03. The van der Waals surface area contributed by atoms with E-state index in [9.17, 15) is 0 Å². The molecule has 4 aromatic carbocycles. The highest BCUT2D eigenvalue weighted by molar-refractivity contribution is 5.78. The minimum Gasteiger partial charge on any atom is -0.311 e. The van der Waals surface area contributed by atoms with Crippen LogP contribution in [0.2, 0.25) is 0 Å². The van der Waals surface area contributed by atoms with Crippen LogP contribution in [0.3, 0.4) is 0 Å². The van der Waals surface area contributed by atoms with Crippen molar-refractivity contribution in [1.29, 1.82) is 0 Å². The second-order valence-electron chi connectivity index (χ2n) is 5.92. The summed E-state index contributed by atoms with van der Waals surface area (Å²) in [5.41, 5.74) is 5.92. The van der Waals surface area contributed by atoms with Gasteiger partial charge in [-0.05, 0) is 47.5 Å². The molecule has 0 aromatic heterocycles. The monoisotopic (exact) mass is 531 g/mol. The summed E-state index contributed by atoms with van der Waals surface area (Å²) in [6, 6.07) is 40.1. The maximum atomic E-state index is 2.27. The van der Waals surface area contributed by atoms with E-state index in [1.807, 2.05) is 115 Å². The van der Waals surface area contributed by atoms with E-state index in [4.69, 9.17) is 0 Å². The normalized spacial score (nSPS) is 7.74. The molecule has 0 aliphatic carbocycles. The van der Waals surface area contributed by atoms with Gasteiger partial charge < -0.3 is 4.90 Å². The van der Waals surface area contributed by atoms with Crippen molar-refractivity contribution in [3.8, 4) is 11.1 Å². The maximum absolute atomic E-state index is 2.27. The molecule has 0 unspecified atom stereocenters. The molecule has 39 heavy (non-hydrogen) atoms. The highest BCUT2D eigenvalue weighted by Crippen LogP contribution is 2.35. The van der Waals surface area contributed by atoms with Gasteiger partial charge in [-0.2, -0.15) is 0 Å². The summed E-state index contributed by atoms with van der Waals surface area (Å²) in [6.45, 7) is 28.0. The molecule has 0 saturated heterocycles. The predicted octanol–water partition coefficient (Wildman–Crippen LogP) is 14.0. The molecule has 0 saturated carbocycles. The minimum absolute atomic E-state index is 1.15. The molecule has 0 fully saturated rings. The van der Waals surface area contributed by atoms with Gasteiger partial charge in [-0.3, -0.25) is 0 Å². The van der Waals surface area contributed by atoms with Crippen LogP contribution in [0.25, 0.3) is 11.1 Å². The summed E-state index contributed by atoms with van der Waals surface area (Å²) >= 11 is 0. The van der Waals surface area contributed by atoms with E-state index in [-0.39, 0.29) is 0 Å². The Balaban J connectivity index is -0.000000383. The lowest BCUT2D eigenvalue weighted by Crippen LogP contribution is -2.09. The molecule has 0 spiro atoms. The average Bonchev–Trinajstić information content (AvgIpc) is 3.09. The predicted molar refractivity (Wildman–Crippen MR) is 186 cm³/mol. The molecule has 0 aliphatic rings. The third-order valence-corrected chi connectivity index (χ3v) is 4.26. The molecule has 4 rings (SSSR count). The van der Waals surface area contributed by atoms with E-state index in [1.54, 1.807) is 0 Å². The first-order valence-corrected chi connectivity index (χ1v) is 15.5. The Morgan fingerprint density at radius 3 is 0.795 bits per heavy atom. The van der Waals surface area contributed by atoms with Gasteiger partial charge in [-0.15, -0.1) is 0 Å². The van der Waals surface area contributed by atoms with Crippen LogP contribution in [-0.2, 0) is 0 Å². The van der Waals surface area contributed by atoms with Crippen molar-refractivity contribution in [2.24, 2.45) is 0 Å². The van der Waals surface area contributed by atoms with Crippen LogP contribution in [0.1, 0.15) is 96.9 Å². The first-order chi connectivity index (χ1) is 19.4. The van der Waals surface area contributed by atoms with Crippen LogP contribution in [0.15, 0.2) is 115 Å². The number of hydrogen-bond acceptors (Lipinski definition) is 1. The summed E-state index contributed by atoms with van der Waals surface area (Å²) in [5, 5.41) is 0. The summed E-state index contributed by atoms with van der Waals surface area (Å²) in [7, 11) is 0. The number of anilines is 3. The van der Waals surface area contributed by atoms with Crippen molar-refractivity contribution in [2.45, 2.75) is 96.9 Å². The van der Waals surface area contributed by atoms with E-state index < -0.39 is 0 Å². The van der Waals surface area contributed by atoms with Crippen molar-refractivity contribution in [1.82, 2.24) is 0 Å². The number of para-hydroxylation sites is 2. The van der Waals surface area contributed by atoms with E-state index >= 15 is 0 Å². The fraction of sp³-hybridized carbons (Fsp3) is 0.368. The van der Waals surface area contributed by atoms with Gasteiger partial charge in [0, 0.05) is 17.1 Å². The Hall–Kier alpha value is -3.32. The average molecular weight is 532 g/mol. The highest BCUT2D eigenvalue weighted by atomic mass is 15.1. The second kappa shape index (κ2) is 34.7. The molecule has 1 heteroatoms. The van der Waals surface area contributed by atoms with Crippen molar-refractivity contribution < 1.29 is 0 Å². The van der Waals surface area contributed by atoms with Crippen molar-refractivity contribution in [3.05, 3.63) is 115 Å². The zero-order chi connectivity index (χ0) is 30.9. The summed E-state index contributed by atoms with van der Waals surface area (Å²) in [5.74, 6) is 0. The van der Waals surface area contributed by atoms with Crippen LogP contribution in [0, 0.1) is 0 Å². The van der Waals surface area contributed by atoms with Gasteiger partial charge in [-0.1, -0.05) is 176 Å². The molecule has 0 amide bonds. The van der Waals surface area contributed by atoms with Crippen LogP contribution < -0.4 is 4.90 Å². The topological polar surface area (TPSA) is 3.24 Å². The van der Waals surface area contributed by atoms with Crippen molar-refractivity contribution in [3.63, 3.8) is 0 Å². The molecule has 0 aliphatic heterocycles. The first-order valence-electron chi connectivity index (χ1n) is 15.5. The fourth-order valence-electron chi connectivity index (χ4n) is 3.03. The number of rotatable bonds is 4. The van der Waals surface area contributed by atoms with Crippen molar-refractivity contribution in [2.75, 3.05) is 4.90 Å². The highest BCUT2D eigenvalue weighted by Gasteiger charge is 2.11. The maximum Gasteiger partial charge on any atom is 0.0462 e. The lowest BCUT2D eigenvalue weighted by molar-refractivity contribution is 1.28. The molecular formula is C38H61N. The zero-order valence-electron chi connectivity index (χ0n) is 27.9. The van der Waals surface area contributed by atoms with Gasteiger partial charge in [0.05, 0.1) is 0 Å². The third kappa shape index (κ3) is 17.0. The lowest BCUT2D eigenvalue weighted by Gasteiger charge is -2.25. The zero-order valence-corrected chi connectivity index (χ0v) is 27.9. The molecular weight excluding hydrogens is 470 g/mol. The largest absolute Gasteiger partial charge is 0.311 e. The van der Waals surface area contributed by atoms with Gasteiger partial charge >= 0.3 is 0 Å². The summed E-state index contributed by atoms with van der Waals surface area (Å²) in [4.78, 5) is 2.27. The Kier molecular flexibility index (Phi) is 38.0. The Bertz CT molecular complexity index is 875. The molecule has 0 bridgehead atoms. The van der Waals surface area contributed by atoms with E-state index in [0.717, 1.165) is 17.1 Å². The quantitative estimate of drug-likeness (QED) is 0.253. The summed E-state index contributed by atoms with van der Waals surface area (Å²) < 4.78 is 0. The molecule has 0 atom stereocenters. The number of benzene rings is 4. The number of hydrogen-bond donors (Lipinski definition) is 0. The van der Waals surface area contributed by atoms with Crippen molar-refractivity contribution >= 4 is 17.1 Å². The van der Waals surface area contributed by atoms with Crippen LogP contribution in [0.5, 0.6) is 0 Å². The molecule has 218 valence electrons. The molecule has 1 nitrogen and oxygen atoms in total. The van der Waals surface area contributed by atoms with Gasteiger partial charge in [0.1, 0.15) is 0 Å². The smallest absolute Gasteiger partial charge is 0.0462 e. The Morgan fingerprint density at radius 2 is 0.487 bits per heavy atom. The molecule has 0 radical (unpaired) electrons. The lowest BCUT2D eigenvalue weighted by atomic mass is 10.0. The second-order valence-corrected chi connectivity index (χ2v) is 5.92. The van der Waals surface area contributed by atoms with Crippen LogP contribution >= 0.6 is 0 Å². The first kappa shape index (κ1) is 42.8. The number of nitrogens with zero attached hydrogens (tertiary/aromatic N) is 1. The van der Waals surface area contributed by atoms with Gasteiger partial charge in [0.2, 0.25) is 0 Å². The molecule has 4 aromatic rings. The van der Waals surface area contributed by atoms with Crippen LogP contribution in [-0.4, -0.2) is 0 Å². The van der Waals surface area contributed by atoms with Gasteiger partial charge in [-0.25, -0.2) is 0 Å². The van der Waals surface area contributed by atoms with E-state index in [0.29, 0.717) is 0 Å².